The number of unbranched alkanes of at least 4 members (excludes halogenated alkanes) is 1. The number of aryl methyl sites for hydroxylation is 1. The van der Waals surface area contributed by atoms with Crippen LogP contribution >= 0.6 is 15.9 Å². The van der Waals surface area contributed by atoms with E-state index in [1.165, 1.54) is 0 Å². The molecule has 0 spiro atoms. The fourth-order valence-corrected chi connectivity index (χ4v) is 4.88. The van der Waals surface area contributed by atoms with Crippen molar-refractivity contribution >= 4 is 15.9 Å². The number of aromatic nitrogens is 7. The number of ether oxygens (including phenoxy) is 1. The van der Waals surface area contributed by atoms with Crippen molar-refractivity contribution in [1.82, 2.24) is 34.7 Å². The number of imidazole rings is 1. The van der Waals surface area contributed by atoms with Crippen LogP contribution in [0.3, 0.4) is 0 Å². The van der Waals surface area contributed by atoms with E-state index in [2.05, 4.69) is 43.5 Å². The van der Waals surface area contributed by atoms with Crippen LogP contribution < -0.4 is 10.4 Å². The lowest BCUT2D eigenvalue weighted by molar-refractivity contribution is 0.412. The molecule has 0 saturated carbocycles. The largest absolute Gasteiger partial charge is 0.495 e. The normalized spacial score (nSPS) is 11.1. The minimum Gasteiger partial charge on any atom is -0.495 e. The van der Waals surface area contributed by atoms with E-state index in [-0.39, 0.29) is 5.69 Å². The third-order valence-corrected chi connectivity index (χ3v) is 6.85. The molecule has 2 aromatic carbocycles. The molecular weight excluding hydrogens is 534 g/mol. The summed E-state index contributed by atoms with van der Waals surface area (Å²) in [6.45, 7) is 2.56. The van der Waals surface area contributed by atoms with Gasteiger partial charge >= 0.3 is 5.69 Å². The third-order valence-electron chi connectivity index (χ3n) is 6.21. The van der Waals surface area contributed by atoms with E-state index in [4.69, 9.17) is 9.72 Å². The number of methoxy groups -OCH3 is 1. The lowest BCUT2D eigenvalue weighted by atomic mass is 10.0. The van der Waals surface area contributed by atoms with Crippen LogP contribution in [0.15, 0.2) is 76.3 Å². The molecule has 188 valence electrons. The highest BCUT2D eigenvalue weighted by Gasteiger charge is 2.18. The molecule has 0 unspecified atom stereocenters. The van der Waals surface area contributed by atoms with E-state index in [9.17, 15) is 4.79 Å². The van der Waals surface area contributed by atoms with Crippen molar-refractivity contribution in [3.8, 4) is 34.1 Å². The Labute approximate surface area is 222 Å². The van der Waals surface area contributed by atoms with Gasteiger partial charge < -0.3 is 4.74 Å². The Balaban J connectivity index is 1.50. The average molecular weight is 560 g/mol. The lowest BCUT2D eigenvalue weighted by Gasteiger charge is -2.10. The summed E-state index contributed by atoms with van der Waals surface area (Å²) in [5, 5.41) is 14.4. The highest BCUT2D eigenvalue weighted by molar-refractivity contribution is 9.10. The molecule has 5 aromatic rings. The zero-order chi connectivity index (χ0) is 25.8. The maximum Gasteiger partial charge on any atom is 0.333 e. The van der Waals surface area contributed by atoms with Gasteiger partial charge in [0.2, 0.25) is 5.82 Å². The van der Waals surface area contributed by atoms with E-state index >= 15 is 0 Å². The van der Waals surface area contributed by atoms with Crippen LogP contribution in [0.2, 0.25) is 0 Å². The smallest absolute Gasteiger partial charge is 0.333 e. The molecule has 0 atom stereocenters. The summed E-state index contributed by atoms with van der Waals surface area (Å²) in [6, 6.07) is 17.4. The van der Waals surface area contributed by atoms with E-state index in [0.29, 0.717) is 23.8 Å². The van der Waals surface area contributed by atoms with Crippen molar-refractivity contribution in [2.24, 2.45) is 0 Å². The van der Waals surface area contributed by atoms with Gasteiger partial charge in [-0.2, -0.15) is 5.21 Å². The summed E-state index contributed by atoms with van der Waals surface area (Å²) in [4.78, 5) is 18.4. The number of halogens is 1. The molecule has 5 rings (SSSR count). The Bertz CT molecular complexity index is 1560. The van der Waals surface area contributed by atoms with Gasteiger partial charge in [0.1, 0.15) is 11.4 Å². The zero-order valence-corrected chi connectivity index (χ0v) is 22.1. The number of aromatic amines is 1. The molecule has 0 bridgehead atoms. The number of nitrogens with zero attached hydrogens (tertiary/aromatic N) is 6. The summed E-state index contributed by atoms with van der Waals surface area (Å²) in [7, 11) is 1.61. The summed E-state index contributed by atoms with van der Waals surface area (Å²) in [6.07, 6.45) is 6.56. The first kappa shape index (κ1) is 24.6. The maximum absolute atomic E-state index is 13.6. The van der Waals surface area contributed by atoms with E-state index in [1.807, 2.05) is 71.6 Å². The van der Waals surface area contributed by atoms with E-state index in [0.717, 1.165) is 51.8 Å². The summed E-state index contributed by atoms with van der Waals surface area (Å²) in [5.41, 5.74) is 5.00. The summed E-state index contributed by atoms with van der Waals surface area (Å²) in [5.74, 6) is 1.14. The first-order valence-corrected chi connectivity index (χ1v) is 12.8. The zero-order valence-electron chi connectivity index (χ0n) is 20.6. The molecule has 0 saturated heterocycles. The maximum atomic E-state index is 13.6. The van der Waals surface area contributed by atoms with Gasteiger partial charge in [-0.15, -0.1) is 10.2 Å². The molecule has 0 radical (unpaired) electrons. The molecule has 0 aliphatic rings. The quantitative estimate of drug-likeness (QED) is 0.271. The van der Waals surface area contributed by atoms with Crippen LogP contribution in [0.5, 0.6) is 5.75 Å². The number of para-hydroxylation sites is 1. The molecule has 0 fully saturated rings. The first-order chi connectivity index (χ1) is 18.1. The topological polar surface area (TPSA) is 104 Å². The number of pyridine rings is 1. The van der Waals surface area contributed by atoms with Gasteiger partial charge in [-0.1, -0.05) is 49.7 Å². The third kappa shape index (κ3) is 4.97. The molecule has 10 heteroatoms. The van der Waals surface area contributed by atoms with Gasteiger partial charge in [-0.3, -0.25) is 14.1 Å². The molecule has 3 heterocycles. The minimum atomic E-state index is -0.122. The second-order valence-corrected chi connectivity index (χ2v) is 9.44. The van der Waals surface area contributed by atoms with Gasteiger partial charge in [-0.25, -0.2) is 4.79 Å². The molecule has 0 amide bonds. The van der Waals surface area contributed by atoms with Crippen LogP contribution in [0.25, 0.3) is 28.3 Å². The Hall–Kier alpha value is -4.05. The Kier molecular flexibility index (Phi) is 7.27. The van der Waals surface area contributed by atoms with Crippen LogP contribution in [0.1, 0.15) is 31.0 Å². The highest BCUT2D eigenvalue weighted by Crippen LogP contribution is 2.31. The predicted octanol–water partition coefficient (Wildman–Crippen LogP) is 5.04. The molecular formula is C27H26BrN7O2. The van der Waals surface area contributed by atoms with Crippen molar-refractivity contribution in [3.63, 3.8) is 0 Å². The van der Waals surface area contributed by atoms with Gasteiger partial charge in [0.05, 0.1) is 19.3 Å². The number of hydrogen-bond donors (Lipinski definition) is 1. The van der Waals surface area contributed by atoms with Crippen LogP contribution in [-0.4, -0.2) is 41.9 Å². The van der Waals surface area contributed by atoms with Crippen molar-refractivity contribution in [3.05, 3.63) is 93.2 Å². The molecule has 0 aliphatic heterocycles. The lowest BCUT2D eigenvalue weighted by Crippen LogP contribution is -2.25. The fourth-order valence-electron chi connectivity index (χ4n) is 4.34. The van der Waals surface area contributed by atoms with Crippen LogP contribution in [0.4, 0.5) is 0 Å². The average Bonchev–Trinajstić information content (AvgIpc) is 3.57. The second kappa shape index (κ2) is 10.9. The molecule has 1 N–H and O–H groups in total. The van der Waals surface area contributed by atoms with E-state index < -0.39 is 0 Å². The van der Waals surface area contributed by atoms with Crippen LogP contribution in [-0.2, 0) is 13.0 Å². The molecule has 37 heavy (non-hydrogen) atoms. The fraction of sp³-hybridized carbons (Fsp3) is 0.222. The Morgan fingerprint density at radius 2 is 1.89 bits per heavy atom. The van der Waals surface area contributed by atoms with Crippen molar-refractivity contribution in [2.45, 2.75) is 32.7 Å². The SMILES string of the molecule is CCCCc1cn(-c2c(Br)cccc2OC)c(=O)n1Cc1ccc(-c2ccccc2-c2nn[nH]n2)nc1. The first-order valence-electron chi connectivity index (χ1n) is 12.0. The van der Waals surface area contributed by atoms with Gasteiger partial charge in [-0.05, 0) is 57.7 Å². The molecule has 9 nitrogen and oxygen atoms in total. The van der Waals surface area contributed by atoms with Crippen molar-refractivity contribution in [2.75, 3.05) is 7.11 Å². The number of rotatable bonds is 9. The molecule has 0 aliphatic carbocycles. The van der Waals surface area contributed by atoms with Crippen LogP contribution in [0, 0.1) is 0 Å². The van der Waals surface area contributed by atoms with Crippen molar-refractivity contribution < 1.29 is 4.74 Å². The predicted molar refractivity (Wildman–Crippen MR) is 145 cm³/mol. The molecule has 3 aromatic heterocycles. The standard InChI is InChI=1S/C27H26BrN7O2/c1-3-4-8-19-17-35(25-22(28)11-7-12-24(25)37-2)27(36)34(19)16-18-13-14-23(29-15-18)20-9-5-6-10-21(20)26-30-32-33-31-26/h5-7,9-15,17H,3-4,8,16H2,1-2H3,(H,30,31,32,33). The highest BCUT2D eigenvalue weighted by atomic mass is 79.9. The number of benzene rings is 2. The van der Waals surface area contributed by atoms with Gasteiger partial charge in [0, 0.05) is 33.7 Å². The van der Waals surface area contributed by atoms with E-state index in [1.54, 1.807) is 11.7 Å². The van der Waals surface area contributed by atoms with Gasteiger partial charge in [0.15, 0.2) is 0 Å². The number of nitrogens with one attached hydrogen (secondary N) is 1. The monoisotopic (exact) mass is 559 g/mol. The summed E-state index contributed by atoms with van der Waals surface area (Å²) < 4.78 is 9.82. The minimum absolute atomic E-state index is 0.122. The number of hydrogen-bond acceptors (Lipinski definition) is 6. The summed E-state index contributed by atoms with van der Waals surface area (Å²) >= 11 is 3.59. The number of tetrazole rings is 1. The second-order valence-electron chi connectivity index (χ2n) is 8.59. The van der Waals surface area contributed by atoms with Gasteiger partial charge in [0.25, 0.3) is 0 Å². The van der Waals surface area contributed by atoms with Crippen molar-refractivity contribution in [1.29, 1.82) is 0 Å². The Morgan fingerprint density at radius 3 is 2.59 bits per heavy atom. The number of H-pyrrole nitrogens is 1. The Morgan fingerprint density at radius 1 is 1.05 bits per heavy atom.